The second-order valence-electron chi connectivity index (χ2n) is 5.51. The highest BCUT2D eigenvalue weighted by atomic mass is 16.5. The molecule has 4 rings (SSSR count). The van der Waals surface area contributed by atoms with Crippen molar-refractivity contribution in [3.8, 4) is 11.3 Å². The Balaban J connectivity index is 1.87. The molecule has 0 bridgehead atoms. The van der Waals surface area contributed by atoms with E-state index in [0.717, 1.165) is 16.9 Å². The van der Waals surface area contributed by atoms with E-state index in [4.69, 9.17) is 4.74 Å². The lowest BCUT2D eigenvalue weighted by molar-refractivity contribution is 0.0300. The summed E-state index contributed by atoms with van der Waals surface area (Å²) in [6.45, 7) is 2.39. The lowest BCUT2D eigenvalue weighted by atomic mass is 10.1. The molecular weight excluding hydrogens is 290 g/mol. The smallest absolute Gasteiger partial charge is 0.274 e. The van der Waals surface area contributed by atoms with Gasteiger partial charge in [0.2, 0.25) is 0 Å². The van der Waals surface area contributed by atoms with Crippen molar-refractivity contribution in [1.82, 2.24) is 14.3 Å². The largest absolute Gasteiger partial charge is 0.378 e. The number of benzene rings is 1. The fourth-order valence-electron chi connectivity index (χ4n) is 2.93. The molecule has 5 heteroatoms. The van der Waals surface area contributed by atoms with Gasteiger partial charge < -0.3 is 9.64 Å². The maximum Gasteiger partial charge on any atom is 0.274 e. The third-order valence-electron chi connectivity index (χ3n) is 4.08. The molecular formula is C18H17N3O2. The molecule has 23 heavy (non-hydrogen) atoms. The van der Waals surface area contributed by atoms with Crippen molar-refractivity contribution in [2.45, 2.75) is 0 Å². The zero-order valence-electron chi connectivity index (χ0n) is 12.7. The second kappa shape index (κ2) is 5.85. The molecule has 1 aliphatic rings. The highest BCUT2D eigenvalue weighted by Gasteiger charge is 2.25. The topological polar surface area (TPSA) is 46.8 Å². The number of fused-ring (bicyclic) bond motifs is 1. The van der Waals surface area contributed by atoms with Crippen LogP contribution >= 0.6 is 0 Å². The minimum absolute atomic E-state index is 0.0316. The summed E-state index contributed by atoms with van der Waals surface area (Å²) >= 11 is 0. The number of amides is 1. The molecule has 0 radical (unpaired) electrons. The molecule has 116 valence electrons. The van der Waals surface area contributed by atoms with Gasteiger partial charge in [0.15, 0.2) is 5.69 Å². The number of hydrogen-bond donors (Lipinski definition) is 0. The molecule has 0 unspecified atom stereocenters. The molecule has 0 spiro atoms. The normalized spacial score (nSPS) is 15.0. The van der Waals surface area contributed by atoms with Gasteiger partial charge in [-0.3, -0.25) is 9.20 Å². The van der Waals surface area contributed by atoms with E-state index >= 15 is 0 Å². The van der Waals surface area contributed by atoms with Crippen molar-refractivity contribution >= 4 is 11.6 Å². The number of pyridine rings is 1. The zero-order chi connectivity index (χ0) is 15.6. The quantitative estimate of drug-likeness (QED) is 0.731. The number of morpholine rings is 1. The lowest BCUT2D eigenvalue weighted by Gasteiger charge is -2.26. The van der Waals surface area contributed by atoms with Gasteiger partial charge in [0.05, 0.1) is 18.9 Å². The Kier molecular flexibility index (Phi) is 3.55. The van der Waals surface area contributed by atoms with Crippen LogP contribution < -0.4 is 0 Å². The van der Waals surface area contributed by atoms with Crippen LogP contribution in [-0.2, 0) is 4.74 Å². The van der Waals surface area contributed by atoms with E-state index in [1.807, 2.05) is 64.0 Å². The predicted octanol–water partition coefficient (Wildman–Crippen LogP) is 2.47. The summed E-state index contributed by atoms with van der Waals surface area (Å²) in [6, 6.07) is 15.7. The Morgan fingerprint density at radius 1 is 1.00 bits per heavy atom. The molecule has 3 aromatic rings. The molecule has 1 amide bonds. The van der Waals surface area contributed by atoms with Crippen LogP contribution in [0.1, 0.15) is 10.5 Å². The molecule has 3 heterocycles. The molecule has 2 aromatic heterocycles. The number of hydrogen-bond acceptors (Lipinski definition) is 3. The monoisotopic (exact) mass is 307 g/mol. The molecule has 0 atom stereocenters. The maximum absolute atomic E-state index is 13.0. The number of carbonyl (C=O) groups is 1. The highest BCUT2D eigenvalue weighted by Crippen LogP contribution is 2.26. The van der Waals surface area contributed by atoms with Crippen molar-refractivity contribution in [2.75, 3.05) is 26.3 Å². The number of rotatable bonds is 2. The van der Waals surface area contributed by atoms with Gasteiger partial charge >= 0.3 is 0 Å². The fraction of sp³-hybridized carbons (Fsp3) is 0.222. The maximum atomic E-state index is 13.0. The Bertz CT molecular complexity index is 836. The molecule has 1 aromatic carbocycles. The Morgan fingerprint density at radius 3 is 2.52 bits per heavy atom. The van der Waals surface area contributed by atoms with Gasteiger partial charge in [-0.05, 0) is 12.1 Å². The van der Waals surface area contributed by atoms with E-state index < -0.39 is 0 Å². The van der Waals surface area contributed by atoms with Crippen LogP contribution in [0.4, 0.5) is 0 Å². The molecule has 0 N–H and O–H groups in total. The van der Waals surface area contributed by atoms with E-state index in [1.165, 1.54) is 0 Å². The Labute approximate surface area is 134 Å². The van der Waals surface area contributed by atoms with Crippen molar-refractivity contribution in [3.63, 3.8) is 0 Å². The number of nitrogens with zero attached hydrogens (tertiary/aromatic N) is 3. The summed E-state index contributed by atoms with van der Waals surface area (Å²) < 4.78 is 7.32. The van der Waals surface area contributed by atoms with Crippen LogP contribution in [0, 0.1) is 0 Å². The van der Waals surface area contributed by atoms with Gasteiger partial charge in [-0.2, -0.15) is 0 Å². The number of imidazole rings is 1. The van der Waals surface area contributed by atoms with Crippen molar-refractivity contribution in [3.05, 3.63) is 60.4 Å². The third-order valence-corrected chi connectivity index (χ3v) is 4.08. The standard InChI is InChI=1S/C18H17N3O2/c22-18(20-10-12-23-13-11-20)16-17(14-6-2-1-3-7-14)21-9-5-4-8-15(21)19-16/h1-9H,10-13H2. The van der Waals surface area contributed by atoms with Crippen molar-refractivity contribution in [1.29, 1.82) is 0 Å². The Morgan fingerprint density at radius 2 is 1.74 bits per heavy atom. The highest BCUT2D eigenvalue weighted by molar-refractivity contribution is 5.99. The number of aromatic nitrogens is 2. The first kappa shape index (κ1) is 14.0. The number of ether oxygens (including phenoxy) is 1. The molecule has 0 saturated carbocycles. The van der Waals surface area contributed by atoms with E-state index in [-0.39, 0.29) is 5.91 Å². The first-order valence-electron chi connectivity index (χ1n) is 7.74. The van der Waals surface area contributed by atoms with E-state index in [2.05, 4.69) is 4.98 Å². The molecule has 1 fully saturated rings. The van der Waals surface area contributed by atoms with E-state index in [1.54, 1.807) is 0 Å². The van der Waals surface area contributed by atoms with Crippen molar-refractivity contribution < 1.29 is 9.53 Å². The SMILES string of the molecule is O=C(c1nc2ccccn2c1-c1ccccc1)N1CCOCC1. The fourth-order valence-corrected chi connectivity index (χ4v) is 2.93. The van der Waals surface area contributed by atoms with E-state index in [9.17, 15) is 4.79 Å². The lowest BCUT2D eigenvalue weighted by Crippen LogP contribution is -2.41. The van der Waals surface area contributed by atoms with Gasteiger partial charge in [0, 0.05) is 24.8 Å². The first-order valence-corrected chi connectivity index (χ1v) is 7.74. The van der Waals surface area contributed by atoms with Gasteiger partial charge in [-0.15, -0.1) is 0 Å². The summed E-state index contributed by atoms with van der Waals surface area (Å²) in [4.78, 5) is 19.4. The zero-order valence-corrected chi connectivity index (χ0v) is 12.7. The average Bonchev–Trinajstić information content (AvgIpc) is 3.02. The summed E-state index contributed by atoms with van der Waals surface area (Å²) in [5.74, 6) is -0.0316. The van der Waals surface area contributed by atoms with Crippen LogP contribution in [0.2, 0.25) is 0 Å². The Hall–Kier alpha value is -2.66. The van der Waals surface area contributed by atoms with Gasteiger partial charge in [0.1, 0.15) is 5.65 Å². The van der Waals surface area contributed by atoms with Crippen LogP contribution in [0.25, 0.3) is 16.9 Å². The molecule has 5 nitrogen and oxygen atoms in total. The summed E-state index contributed by atoms with van der Waals surface area (Å²) in [7, 11) is 0. The van der Waals surface area contributed by atoms with E-state index in [0.29, 0.717) is 32.0 Å². The molecule has 1 aliphatic heterocycles. The minimum atomic E-state index is -0.0316. The molecule has 1 saturated heterocycles. The summed E-state index contributed by atoms with van der Waals surface area (Å²) in [5, 5.41) is 0. The first-order chi connectivity index (χ1) is 11.3. The van der Waals surface area contributed by atoms with Crippen LogP contribution in [0.3, 0.4) is 0 Å². The van der Waals surface area contributed by atoms with Crippen molar-refractivity contribution in [2.24, 2.45) is 0 Å². The second-order valence-corrected chi connectivity index (χ2v) is 5.51. The minimum Gasteiger partial charge on any atom is -0.378 e. The van der Waals surface area contributed by atoms with Crippen LogP contribution in [0.5, 0.6) is 0 Å². The third kappa shape index (κ3) is 2.49. The van der Waals surface area contributed by atoms with Gasteiger partial charge in [-0.25, -0.2) is 4.98 Å². The predicted molar refractivity (Wildman–Crippen MR) is 87.4 cm³/mol. The average molecular weight is 307 g/mol. The molecule has 0 aliphatic carbocycles. The summed E-state index contributed by atoms with van der Waals surface area (Å²) in [5.41, 5.74) is 3.12. The number of carbonyl (C=O) groups excluding carboxylic acids is 1. The summed E-state index contributed by atoms with van der Waals surface area (Å²) in [6.07, 6.45) is 1.95. The van der Waals surface area contributed by atoms with Crippen LogP contribution in [0.15, 0.2) is 54.7 Å². The van der Waals surface area contributed by atoms with Crippen LogP contribution in [-0.4, -0.2) is 46.5 Å². The van der Waals surface area contributed by atoms with Gasteiger partial charge in [0.25, 0.3) is 5.91 Å². The van der Waals surface area contributed by atoms with Gasteiger partial charge in [-0.1, -0.05) is 36.4 Å².